The molecule has 0 aliphatic carbocycles. The van der Waals surface area contributed by atoms with Crippen molar-refractivity contribution in [3.05, 3.63) is 77.6 Å². The summed E-state index contributed by atoms with van der Waals surface area (Å²) in [4.78, 5) is 9.19. The smallest absolute Gasteiger partial charge is 0.354 e. The Balaban J connectivity index is 1.65. The number of aromatic nitrogens is 2. The maximum absolute atomic E-state index is 14.5. The van der Waals surface area contributed by atoms with Crippen LogP contribution in [0.25, 0.3) is 33.3 Å². The Labute approximate surface area is 204 Å². The average Bonchev–Trinajstić information content (AvgIpc) is 3.40. The minimum absolute atomic E-state index is 0.0276. The monoisotopic (exact) mass is 491 g/mol. The predicted octanol–water partition coefficient (Wildman–Crippen LogP) is 6.01. The Bertz CT molecular complexity index is 1470. The molecule has 2 N–H and O–H groups in total. The number of hydrogen-bond donors (Lipinski definition) is 2. The van der Waals surface area contributed by atoms with Crippen molar-refractivity contribution in [2.75, 3.05) is 25.0 Å². The molecular weight excluding hydrogens is 470 g/mol. The number of anilines is 1. The summed E-state index contributed by atoms with van der Waals surface area (Å²) in [6.07, 6.45) is -3.50. The van der Waals surface area contributed by atoms with E-state index in [9.17, 15) is 17.6 Å². The highest BCUT2D eigenvalue weighted by atomic mass is 19.4. The Kier molecular flexibility index (Phi) is 6.29. The SMILES string of the molecule is N#Cc1ccc(-c2nc(NC[C@H]3CCNC3)nc3ccc(-c4ccccc4C(F)(F)F)cc23)cc1F. The summed E-state index contributed by atoms with van der Waals surface area (Å²) < 4.78 is 55.5. The summed E-state index contributed by atoms with van der Waals surface area (Å²) in [6, 6.07) is 16.1. The van der Waals surface area contributed by atoms with Gasteiger partial charge >= 0.3 is 6.18 Å². The molecule has 3 aromatic carbocycles. The molecule has 0 bridgehead atoms. The van der Waals surface area contributed by atoms with E-state index in [-0.39, 0.29) is 11.1 Å². The summed E-state index contributed by atoms with van der Waals surface area (Å²) >= 11 is 0. The molecule has 1 aromatic heterocycles. The molecule has 9 heteroatoms. The normalized spacial score (nSPS) is 15.7. The Hall–Kier alpha value is -4.03. The zero-order chi connectivity index (χ0) is 25.3. The van der Waals surface area contributed by atoms with E-state index in [2.05, 4.69) is 20.6 Å². The molecule has 1 atom stereocenters. The van der Waals surface area contributed by atoms with Crippen molar-refractivity contribution in [2.45, 2.75) is 12.6 Å². The van der Waals surface area contributed by atoms with Crippen LogP contribution in [-0.2, 0) is 6.18 Å². The molecule has 1 aliphatic heterocycles. The van der Waals surface area contributed by atoms with Gasteiger partial charge < -0.3 is 10.6 Å². The number of hydrogen-bond acceptors (Lipinski definition) is 5. The van der Waals surface area contributed by atoms with E-state index in [0.29, 0.717) is 46.1 Å². The summed E-state index contributed by atoms with van der Waals surface area (Å²) in [5, 5.41) is 16.1. The minimum Gasteiger partial charge on any atom is -0.354 e. The molecule has 4 aromatic rings. The fourth-order valence-corrected chi connectivity index (χ4v) is 4.45. The van der Waals surface area contributed by atoms with Crippen molar-refractivity contribution in [1.29, 1.82) is 5.26 Å². The minimum atomic E-state index is -4.52. The van der Waals surface area contributed by atoms with Gasteiger partial charge in [-0.25, -0.2) is 14.4 Å². The quantitative estimate of drug-likeness (QED) is 0.334. The van der Waals surface area contributed by atoms with Crippen molar-refractivity contribution >= 4 is 16.9 Å². The molecule has 1 aliphatic rings. The van der Waals surface area contributed by atoms with Gasteiger partial charge in [0, 0.05) is 17.5 Å². The number of nitrogens with zero attached hydrogens (tertiary/aromatic N) is 3. The molecule has 5 rings (SSSR count). The molecule has 0 spiro atoms. The van der Waals surface area contributed by atoms with Gasteiger partial charge in [0.1, 0.15) is 11.9 Å². The van der Waals surface area contributed by atoms with Gasteiger partial charge in [0.15, 0.2) is 0 Å². The largest absolute Gasteiger partial charge is 0.417 e. The van der Waals surface area contributed by atoms with Crippen LogP contribution in [0.3, 0.4) is 0 Å². The van der Waals surface area contributed by atoms with Crippen LogP contribution in [0.1, 0.15) is 17.5 Å². The first-order chi connectivity index (χ1) is 17.3. The van der Waals surface area contributed by atoms with E-state index >= 15 is 0 Å². The number of nitriles is 1. The zero-order valence-corrected chi connectivity index (χ0v) is 19.0. The number of nitrogens with one attached hydrogen (secondary N) is 2. The fraction of sp³-hybridized carbons (Fsp3) is 0.222. The molecule has 36 heavy (non-hydrogen) atoms. The van der Waals surface area contributed by atoms with Gasteiger partial charge in [0.05, 0.1) is 22.3 Å². The van der Waals surface area contributed by atoms with E-state index in [4.69, 9.17) is 5.26 Å². The van der Waals surface area contributed by atoms with Crippen LogP contribution in [0.2, 0.25) is 0 Å². The molecule has 0 amide bonds. The lowest BCUT2D eigenvalue weighted by atomic mass is 9.96. The van der Waals surface area contributed by atoms with Gasteiger partial charge in [0.25, 0.3) is 0 Å². The van der Waals surface area contributed by atoms with Crippen LogP contribution in [0.4, 0.5) is 23.5 Å². The van der Waals surface area contributed by atoms with E-state index in [0.717, 1.165) is 25.6 Å². The van der Waals surface area contributed by atoms with Crippen molar-refractivity contribution in [3.8, 4) is 28.5 Å². The van der Waals surface area contributed by atoms with Crippen LogP contribution in [0.15, 0.2) is 60.7 Å². The lowest BCUT2D eigenvalue weighted by Gasteiger charge is -2.15. The average molecular weight is 491 g/mol. The molecule has 5 nitrogen and oxygen atoms in total. The highest BCUT2D eigenvalue weighted by molar-refractivity contribution is 5.96. The highest BCUT2D eigenvalue weighted by Gasteiger charge is 2.33. The summed E-state index contributed by atoms with van der Waals surface area (Å²) in [7, 11) is 0. The van der Waals surface area contributed by atoms with Gasteiger partial charge in [-0.05, 0) is 66.9 Å². The molecule has 182 valence electrons. The van der Waals surface area contributed by atoms with Gasteiger partial charge in [0.2, 0.25) is 5.95 Å². The summed E-state index contributed by atoms with van der Waals surface area (Å²) in [6.45, 7) is 2.48. The van der Waals surface area contributed by atoms with E-state index in [1.807, 2.05) is 0 Å². The second-order valence-corrected chi connectivity index (χ2v) is 8.72. The Morgan fingerprint density at radius 3 is 2.56 bits per heavy atom. The van der Waals surface area contributed by atoms with E-state index in [1.165, 1.54) is 24.3 Å². The standard InChI is InChI=1S/C27H21F4N5/c28-23-12-18(5-6-19(23)13-32)25-21-11-17(20-3-1-2-4-22(20)27(29,30)31)7-8-24(21)35-26(36-25)34-15-16-9-10-33-14-16/h1-8,11-12,16,33H,9-10,14-15H2,(H,34,35,36)/t16-/m0/s1. The third-order valence-electron chi connectivity index (χ3n) is 6.31. The zero-order valence-electron chi connectivity index (χ0n) is 19.0. The summed E-state index contributed by atoms with van der Waals surface area (Å²) in [5.41, 5.74) is 0.771. The molecule has 1 saturated heterocycles. The molecule has 0 radical (unpaired) electrons. The van der Waals surface area contributed by atoms with E-state index < -0.39 is 17.6 Å². The first-order valence-electron chi connectivity index (χ1n) is 11.5. The maximum Gasteiger partial charge on any atom is 0.417 e. The predicted molar refractivity (Wildman–Crippen MR) is 130 cm³/mol. The Morgan fingerprint density at radius 1 is 1.03 bits per heavy atom. The first kappa shape index (κ1) is 23.7. The van der Waals surface area contributed by atoms with E-state index in [1.54, 1.807) is 36.4 Å². The van der Waals surface area contributed by atoms with Gasteiger partial charge in [-0.2, -0.15) is 18.4 Å². The third-order valence-corrected chi connectivity index (χ3v) is 6.31. The van der Waals surface area contributed by atoms with Crippen LogP contribution >= 0.6 is 0 Å². The number of alkyl halides is 3. The first-order valence-corrected chi connectivity index (χ1v) is 11.5. The number of fused-ring (bicyclic) bond motifs is 1. The van der Waals surface area contributed by atoms with Crippen molar-refractivity contribution in [3.63, 3.8) is 0 Å². The second kappa shape index (κ2) is 9.55. The topological polar surface area (TPSA) is 73.6 Å². The number of benzene rings is 3. The van der Waals surface area contributed by atoms with Crippen LogP contribution in [0.5, 0.6) is 0 Å². The fourth-order valence-electron chi connectivity index (χ4n) is 4.45. The van der Waals surface area contributed by atoms with Crippen LogP contribution in [0, 0.1) is 23.1 Å². The van der Waals surface area contributed by atoms with Crippen LogP contribution < -0.4 is 10.6 Å². The summed E-state index contributed by atoms with van der Waals surface area (Å²) in [5.74, 6) is 0.0610. The Morgan fingerprint density at radius 2 is 1.83 bits per heavy atom. The second-order valence-electron chi connectivity index (χ2n) is 8.72. The number of halogens is 4. The van der Waals surface area contributed by atoms with Crippen molar-refractivity contribution in [1.82, 2.24) is 15.3 Å². The van der Waals surface area contributed by atoms with Gasteiger partial charge in [-0.1, -0.05) is 30.3 Å². The lowest BCUT2D eigenvalue weighted by molar-refractivity contribution is -0.137. The lowest BCUT2D eigenvalue weighted by Crippen LogP contribution is -2.18. The van der Waals surface area contributed by atoms with Crippen LogP contribution in [-0.4, -0.2) is 29.6 Å². The van der Waals surface area contributed by atoms with Gasteiger partial charge in [-0.3, -0.25) is 0 Å². The number of rotatable bonds is 5. The maximum atomic E-state index is 14.5. The molecular formula is C27H21F4N5. The molecule has 1 fully saturated rings. The van der Waals surface area contributed by atoms with Gasteiger partial charge in [-0.15, -0.1) is 0 Å². The third kappa shape index (κ3) is 4.72. The highest BCUT2D eigenvalue weighted by Crippen LogP contribution is 2.39. The van der Waals surface area contributed by atoms with Crippen molar-refractivity contribution < 1.29 is 17.6 Å². The molecule has 0 unspecified atom stereocenters. The molecule has 0 saturated carbocycles. The molecule has 2 heterocycles. The van der Waals surface area contributed by atoms with Crippen molar-refractivity contribution in [2.24, 2.45) is 5.92 Å².